The van der Waals surface area contributed by atoms with Gasteiger partial charge in [-0.25, -0.2) is 0 Å². The first-order valence-electron chi connectivity index (χ1n) is 11.9. The molecular weight excluding hydrogens is 410 g/mol. The van der Waals surface area contributed by atoms with Crippen molar-refractivity contribution in [3.05, 3.63) is 95.6 Å². The van der Waals surface area contributed by atoms with Gasteiger partial charge in [0.2, 0.25) is 0 Å². The molecule has 3 aromatic rings. The minimum Gasteiger partial charge on any atom is -0.497 e. The summed E-state index contributed by atoms with van der Waals surface area (Å²) in [6, 6.07) is 28.2. The van der Waals surface area contributed by atoms with Gasteiger partial charge in [0, 0.05) is 18.0 Å². The average Bonchev–Trinajstić information content (AvgIpc) is 2.89. The van der Waals surface area contributed by atoms with E-state index in [4.69, 9.17) is 14.2 Å². The molecule has 0 aromatic heterocycles. The molecule has 4 nitrogen and oxygen atoms in total. The quantitative estimate of drug-likeness (QED) is 0.459. The third kappa shape index (κ3) is 4.64. The molecule has 3 aliphatic rings. The molecule has 0 spiro atoms. The summed E-state index contributed by atoms with van der Waals surface area (Å²) in [5.74, 6) is 2.46. The Morgan fingerprint density at radius 2 is 1.33 bits per heavy atom. The fourth-order valence-corrected chi connectivity index (χ4v) is 5.72. The lowest BCUT2D eigenvalue weighted by molar-refractivity contribution is -0.120. The Morgan fingerprint density at radius 1 is 0.788 bits per heavy atom. The number of benzene rings is 3. The summed E-state index contributed by atoms with van der Waals surface area (Å²) in [6.45, 7) is 2.85. The van der Waals surface area contributed by atoms with Gasteiger partial charge in [-0.15, -0.1) is 0 Å². The third-order valence-electron chi connectivity index (χ3n) is 7.31. The highest BCUT2D eigenvalue weighted by molar-refractivity contribution is 5.38. The Kier molecular flexibility index (Phi) is 6.65. The zero-order valence-electron chi connectivity index (χ0n) is 19.5. The molecular formula is C29H33NO3. The maximum Gasteiger partial charge on any atom is 0.122 e. The van der Waals surface area contributed by atoms with Crippen LogP contribution in [-0.2, 0) is 11.3 Å². The fraction of sp³-hybridized carbons (Fsp3) is 0.379. The molecule has 6 rings (SSSR count). The molecule has 4 heteroatoms. The van der Waals surface area contributed by atoms with Gasteiger partial charge in [0.25, 0.3) is 0 Å². The predicted molar refractivity (Wildman–Crippen MR) is 131 cm³/mol. The average molecular weight is 444 g/mol. The first-order chi connectivity index (χ1) is 16.3. The number of hydrogen-bond acceptors (Lipinski definition) is 4. The van der Waals surface area contributed by atoms with Crippen molar-refractivity contribution in [2.45, 2.75) is 37.5 Å². The number of methoxy groups -OCH3 is 2. The van der Waals surface area contributed by atoms with Crippen LogP contribution in [0, 0.1) is 5.92 Å². The maximum atomic E-state index is 6.79. The molecule has 0 saturated carbocycles. The maximum absolute atomic E-state index is 6.79. The summed E-state index contributed by atoms with van der Waals surface area (Å²) < 4.78 is 17.7. The van der Waals surface area contributed by atoms with Crippen molar-refractivity contribution in [2.24, 2.45) is 5.92 Å². The van der Waals surface area contributed by atoms with Crippen LogP contribution >= 0.6 is 0 Å². The van der Waals surface area contributed by atoms with Crippen molar-refractivity contribution >= 4 is 0 Å². The van der Waals surface area contributed by atoms with E-state index in [1.54, 1.807) is 14.2 Å². The van der Waals surface area contributed by atoms with Crippen molar-refractivity contribution < 1.29 is 14.2 Å². The molecule has 0 aliphatic carbocycles. The molecule has 0 unspecified atom stereocenters. The van der Waals surface area contributed by atoms with E-state index in [2.05, 4.69) is 65.6 Å². The Bertz CT molecular complexity index is 969. The summed E-state index contributed by atoms with van der Waals surface area (Å²) in [6.07, 6.45) is 2.59. The molecule has 0 amide bonds. The molecule has 33 heavy (non-hydrogen) atoms. The van der Waals surface area contributed by atoms with Gasteiger partial charge in [0.15, 0.2) is 0 Å². The second kappa shape index (κ2) is 9.98. The normalized spacial score (nSPS) is 24.1. The van der Waals surface area contributed by atoms with Crippen LogP contribution in [0.1, 0.15) is 35.4 Å². The highest BCUT2D eigenvalue weighted by Crippen LogP contribution is 2.43. The number of fused-ring (bicyclic) bond motifs is 3. The zero-order valence-corrected chi connectivity index (χ0v) is 19.5. The summed E-state index contributed by atoms with van der Waals surface area (Å²) in [4.78, 5) is 2.67. The number of nitrogens with zero attached hydrogens (tertiary/aromatic N) is 1. The summed E-state index contributed by atoms with van der Waals surface area (Å²) in [5.41, 5.74) is 3.80. The second-order valence-electron chi connectivity index (χ2n) is 9.16. The van der Waals surface area contributed by atoms with Crippen LogP contribution in [0.2, 0.25) is 0 Å². The number of piperidine rings is 3. The number of hydrogen-bond donors (Lipinski definition) is 0. The molecule has 3 aromatic carbocycles. The van der Waals surface area contributed by atoms with E-state index in [0.29, 0.717) is 18.6 Å². The molecule has 0 N–H and O–H groups in total. The van der Waals surface area contributed by atoms with E-state index in [1.165, 1.54) is 24.0 Å². The van der Waals surface area contributed by atoms with Crippen molar-refractivity contribution in [1.82, 2.24) is 4.90 Å². The van der Waals surface area contributed by atoms with Gasteiger partial charge < -0.3 is 14.2 Å². The summed E-state index contributed by atoms with van der Waals surface area (Å²) >= 11 is 0. The standard InChI is InChI=1S/C29H33NO3/c1-31-25-17-21(18-26(19-25)32-2)20-33-29-24-13-15-30(16-14-24)28(29)27(22-9-5-3-6-10-22)23-11-7-4-8-12-23/h3-12,17-19,24,27-29H,13-16,20H2,1-2H3/t28-,29+/m0/s1. The minimum atomic E-state index is 0.176. The summed E-state index contributed by atoms with van der Waals surface area (Å²) in [7, 11) is 3.38. The SMILES string of the molecule is COc1cc(CO[C@@H]2C3CCN(CC3)[C@H]2C(c2ccccc2)c2ccccc2)cc(OC)c1. The molecule has 2 bridgehead atoms. The lowest BCUT2D eigenvalue weighted by Gasteiger charge is -2.53. The van der Waals surface area contributed by atoms with Crippen molar-refractivity contribution in [3.8, 4) is 11.5 Å². The topological polar surface area (TPSA) is 30.9 Å². The third-order valence-corrected chi connectivity index (χ3v) is 7.31. The van der Waals surface area contributed by atoms with Gasteiger partial charge in [-0.3, -0.25) is 4.90 Å². The highest BCUT2D eigenvalue weighted by atomic mass is 16.5. The van der Waals surface area contributed by atoms with Gasteiger partial charge >= 0.3 is 0 Å². The smallest absolute Gasteiger partial charge is 0.122 e. The Labute approximate surface area is 197 Å². The second-order valence-corrected chi connectivity index (χ2v) is 9.16. The lowest BCUT2D eigenvalue weighted by atomic mass is 9.72. The van der Waals surface area contributed by atoms with E-state index >= 15 is 0 Å². The van der Waals surface area contributed by atoms with Gasteiger partial charge in [0.05, 0.1) is 26.9 Å². The first-order valence-corrected chi connectivity index (χ1v) is 11.9. The van der Waals surface area contributed by atoms with Crippen LogP contribution in [0.5, 0.6) is 11.5 Å². The van der Waals surface area contributed by atoms with Gasteiger partial charge in [-0.2, -0.15) is 0 Å². The largest absolute Gasteiger partial charge is 0.497 e. The highest BCUT2D eigenvalue weighted by Gasteiger charge is 2.47. The van der Waals surface area contributed by atoms with E-state index in [0.717, 1.165) is 30.2 Å². The summed E-state index contributed by atoms with van der Waals surface area (Å²) in [5, 5.41) is 0. The molecule has 3 aliphatic heterocycles. The van der Waals surface area contributed by atoms with Gasteiger partial charge in [-0.05, 0) is 60.7 Å². The predicted octanol–water partition coefficient (Wildman–Crippen LogP) is 5.52. The van der Waals surface area contributed by atoms with Crippen LogP contribution in [0.3, 0.4) is 0 Å². The van der Waals surface area contributed by atoms with Crippen LogP contribution in [0.25, 0.3) is 0 Å². The van der Waals surface area contributed by atoms with Crippen molar-refractivity contribution in [1.29, 1.82) is 0 Å². The van der Waals surface area contributed by atoms with Crippen molar-refractivity contribution in [2.75, 3.05) is 27.3 Å². The molecule has 0 radical (unpaired) electrons. The Hall–Kier alpha value is -2.82. The zero-order chi connectivity index (χ0) is 22.6. The van der Waals surface area contributed by atoms with Gasteiger partial charge in [0.1, 0.15) is 11.5 Å². The van der Waals surface area contributed by atoms with Crippen LogP contribution in [0.15, 0.2) is 78.9 Å². The fourth-order valence-electron chi connectivity index (χ4n) is 5.72. The van der Waals surface area contributed by atoms with E-state index < -0.39 is 0 Å². The number of rotatable bonds is 8. The molecule has 3 fully saturated rings. The Morgan fingerprint density at radius 3 is 1.85 bits per heavy atom. The van der Waals surface area contributed by atoms with Crippen molar-refractivity contribution in [3.63, 3.8) is 0 Å². The van der Waals surface area contributed by atoms with Crippen LogP contribution < -0.4 is 9.47 Å². The van der Waals surface area contributed by atoms with Crippen LogP contribution in [0.4, 0.5) is 0 Å². The molecule has 172 valence electrons. The van der Waals surface area contributed by atoms with E-state index in [-0.39, 0.29) is 12.0 Å². The molecule has 3 saturated heterocycles. The first kappa shape index (κ1) is 22.0. The minimum absolute atomic E-state index is 0.176. The number of ether oxygens (including phenoxy) is 3. The van der Waals surface area contributed by atoms with E-state index in [9.17, 15) is 0 Å². The van der Waals surface area contributed by atoms with E-state index in [1.807, 2.05) is 18.2 Å². The lowest BCUT2D eigenvalue weighted by Crippen LogP contribution is -2.60. The molecule has 2 atom stereocenters. The monoisotopic (exact) mass is 443 g/mol. The van der Waals surface area contributed by atoms with Crippen LogP contribution in [-0.4, -0.2) is 44.4 Å². The Balaban J connectivity index is 1.47. The van der Waals surface area contributed by atoms with Gasteiger partial charge in [-0.1, -0.05) is 60.7 Å². The molecule has 3 heterocycles.